The van der Waals surface area contributed by atoms with E-state index in [0.717, 1.165) is 0 Å². The van der Waals surface area contributed by atoms with Gasteiger partial charge in [-0.2, -0.15) is 0 Å². The zero-order chi connectivity index (χ0) is 11.5. The summed E-state index contributed by atoms with van der Waals surface area (Å²) in [6, 6.07) is 3.00. The predicted octanol–water partition coefficient (Wildman–Crippen LogP) is 0.236. The van der Waals surface area contributed by atoms with E-state index in [9.17, 15) is 9.59 Å². The highest BCUT2D eigenvalue weighted by Gasteiger charge is 2.24. The Labute approximate surface area is 93.0 Å². The Hall–Kier alpha value is -1.62. The van der Waals surface area contributed by atoms with E-state index in [4.69, 9.17) is 4.74 Å². The summed E-state index contributed by atoms with van der Waals surface area (Å²) in [6.07, 6.45) is 1.49. The number of carbonyl (C=O) groups is 1. The van der Waals surface area contributed by atoms with Crippen LogP contribution in [0, 0.1) is 0 Å². The van der Waals surface area contributed by atoms with Crippen molar-refractivity contribution in [2.24, 2.45) is 0 Å². The third kappa shape index (κ3) is 2.14. The number of aromatic nitrogens is 1. The Balaban J connectivity index is 2.21. The monoisotopic (exact) mass is 222 g/mol. The Kier molecular flexibility index (Phi) is 3.05. The average molecular weight is 222 g/mol. The molecular weight excluding hydrogens is 208 g/mol. The van der Waals surface area contributed by atoms with Gasteiger partial charge < -0.3 is 14.6 Å². The molecule has 5 nitrogen and oxygen atoms in total. The molecule has 1 amide bonds. The number of H-pyrrole nitrogens is 1. The smallest absolute Gasteiger partial charge is 0.254 e. The van der Waals surface area contributed by atoms with Crippen LogP contribution in [0.25, 0.3) is 0 Å². The molecule has 16 heavy (non-hydrogen) atoms. The molecule has 0 aliphatic carbocycles. The summed E-state index contributed by atoms with van der Waals surface area (Å²) in [5.74, 6) is -0.109. The second-order valence-corrected chi connectivity index (χ2v) is 3.86. The van der Waals surface area contributed by atoms with Gasteiger partial charge in [-0.25, -0.2) is 0 Å². The van der Waals surface area contributed by atoms with E-state index in [-0.39, 0.29) is 17.5 Å². The van der Waals surface area contributed by atoms with E-state index in [1.165, 1.54) is 12.3 Å². The molecule has 1 N–H and O–H groups in total. The van der Waals surface area contributed by atoms with E-state index >= 15 is 0 Å². The predicted molar refractivity (Wildman–Crippen MR) is 58.4 cm³/mol. The van der Waals surface area contributed by atoms with Crippen molar-refractivity contribution in [2.75, 3.05) is 19.8 Å². The summed E-state index contributed by atoms with van der Waals surface area (Å²) in [7, 11) is 0. The van der Waals surface area contributed by atoms with Crippen LogP contribution in [-0.4, -0.2) is 41.6 Å². The second-order valence-electron chi connectivity index (χ2n) is 3.86. The Morgan fingerprint density at radius 1 is 1.62 bits per heavy atom. The average Bonchev–Trinajstić information content (AvgIpc) is 2.29. The van der Waals surface area contributed by atoms with Crippen LogP contribution in [0.5, 0.6) is 0 Å². The van der Waals surface area contributed by atoms with Gasteiger partial charge in [-0.05, 0) is 13.0 Å². The number of ether oxygens (including phenoxy) is 1. The fraction of sp³-hybridized carbons (Fsp3) is 0.455. The highest BCUT2D eigenvalue weighted by atomic mass is 16.5. The van der Waals surface area contributed by atoms with Gasteiger partial charge in [-0.15, -0.1) is 0 Å². The molecule has 1 aliphatic heterocycles. The quantitative estimate of drug-likeness (QED) is 0.740. The maximum atomic E-state index is 12.1. The van der Waals surface area contributed by atoms with Gasteiger partial charge >= 0.3 is 0 Å². The normalized spacial score (nSPS) is 20.8. The lowest BCUT2D eigenvalue weighted by atomic mass is 10.2. The fourth-order valence-electron chi connectivity index (χ4n) is 1.77. The largest absolute Gasteiger partial charge is 0.377 e. The zero-order valence-electron chi connectivity index (χ0n) is 9.10. The van der Waals surface area contributed by atoms with Crippen LogP contribution in [0.2, 0.25) is 0 Å². The van der Waals surface area contributed by atoms with E-state index in [1.54, 1.807) is 11.0 Å². The van der Waals surface area contributed by atoms with Crippen LogP contribution in [0.4, 0.5) is 0 Å². The van der Waals surface area contributed by atoms with E-state index in [0.29, 0.717) is 25.3 Å². The van der Waals surface area contributed by atoms with Crippen molar-refractivity contribution in [3.05, 3.63) is 34.2 Å². The molecule has 2 rings (SSSR count). The minimum Gasteiger partial charge on any atom is -0.377 e. The molecule has 2 heterocycles. The van der Waals surface area contributed by atoms with E-state index in [2.05, 4.69) is 4.98 Å². The number of carbonyl (C=O) groups excluding carboxylic acids is 1. The van der Waals surface area contributed by atoms with Crippen molar-refractivity contribution in [1.29, 1.82) is 0 Å². The van der Waals surface area contributed by atoms with Gasteiger partial charge in [0.25, 0.3) is 5.91 Å². The summed E-state index contributed by atoms with van der Waals surface area (Å²) in [5, 5.41) is 0. The SMILES string of the molecule is CC1COCCN1C(=O)c1cc[nH]c(=O)c1. The Morgan fingerprint density at radius 3 is 3.12 bits per heavy atom. The first-order valence-electron chi connectivity index (χ1n) is 5.26. The van der Waals surface area contributed by atoms with Crippen LogP contribution < -0.4 is 5.56 Å². The van der Waals surface area contributed by atoms with Gasteiger partial charge in [0.1, 0.15) is 0 Å². The van der Waals surface area contributed by atoms with Crippen LogP contribution in [0.3, 0.4) is 0 Å². The lowest BCUT2D eigenvalue weighted by Gasteiger charge is -2.33. The number of aromatic amines is 1. The zero-order valence-corrected chi connectivity index (χ0v) is 9.10. The molecule has 1 aliphatic rings. The highest BCUT2D eigenvalue weighted by molar-refractivity contribution is 5.94. The lowest BCUT2D eigenvalue weighted by molar-refractivity contribution is 0.00358. The lowest BCUT2D eigenvalue weighted by Crippen LogP contribution is -2.47. The number of pyridine rings is 1. The first-order chi connectivity index (χ1) is 7.68. The topological polar surface area (TPSA) is 62.4 Å². The molecule has 1 fully saturated rings. The Morgan fingerprint density at radius 2 is 2.44 bits per heavy atom. The number of rotatable bonds is 1. The summed E-state index contributed by atoms with van der Waals surface area (Å²) in [6.45, 7) is 3.62. The number of hydrogen-bond acceptors (Lipinski definition) is 3. The number of nitrogens with one attached hydrogen (secondary N) is 1. The van der Waals surface area contributed by atoms with Gasteiger partial charge in [0.2, 0.25) is 5.56 Å². The van der Waals surface area contributed by atoms with Crippen LogP contribution in [-0.2, 0) is 4.74 Å². The minimum absolute atomic E-state index is 0.0561. The second kappa shape index (κ2) is 4.49. The molecule has 1 atom stereocenters. The van der Waals surface area contributed by atoms with Crippen LogP contribution >= 0.6 is 0 Å². The number of nitrogens with zero attached hydrogens (tertiary/aromatic N) is 1. The van der Waals surface area contributed by atoms with Gasteiger partial charge in [0.15, 0.2) is 0 Å². The van der Waals surface area contributed by atoms with Crippen molar-refractivity contribution in [3.8, 4) is 0 Å². The van der Waals surface area contributed by atoms with Crippen molar-refractivity contribution in [2.45, 2.75) is 13.0 Å². The van der Waals surface area contributed by atoms with Crippen molar-refractivity contribution < 1.29 is 9.53 Å². The first kappa shape index (κ1) is 10.9. The van der Waals surface area contributed by atoms with Crippen LogP contribution in [0.15, 0.2) is 23.1 Å². The van der Waals surface area contributed by atoms with Crippen molar-refractivity contribution in [3.63, 3.8) is 0 Å². The number of morpholine rings is 1. The molecule has 1 aromatic rings. The third-order valence-electron chi connectivity index (χ3n) is 2.65. The molecular formula is C11H14N2O3. The fourth-order valence-corrected chi connectivity index (χ4v) is 1.77. The van der Waals surface area contributed by atoms with E-state index < -0.39 is 0 Å². The van der Waals surface area contributed by atoms with Crippen molar-refractivity contribution in [1.82, 2.24) is 9.88 Å². The van der Waals surface area contributed by atoms with Gasteiger partial charge in [0.05, 0.1) is 19.3 Å². The third-order valence-corrected chi connectivity index (χ3v) is 2.65. The maximum absolute atomic E-state index is 12.1. The molecule has 1 saturated heterocycles. The molecule has 0 aromatic carbocycles. The summed E-state index contributed by atoms with van der Waals surface area (Å²) < 4.78 is 5.26. The molecule has 5 heteroatoms. The minimum atomic E-state index is -0.258. The molecule has 1 aromatic heterocycles. The molecule has 0 spiro atoms. The number of amides is 1. The summed E-state index contributed by atoms with van der Waals surface area (Å²) in [5.41, 5.74) is 0.171. The van der Waals surface area contributed by atoms with Gasteiger partial charge in [0, 0.05) is 24.4 Å². The molecule has 0 bridgehead atoms. The molecule has 1 unspecified atom stereocenters. The standard InChI is InChI=1S/C11H14N2O3/c1-8-7-16-5-4-13(8)11(15)9-2-3-12-10(14)6-9/h2-3,6,8H,4-5,7H2,1H3,(H,12,14). The van der Waals surface area contributed by atoms with Crippen LogP contribution in [0.1, 0.15) is 17.3 Å². The number of hydrogen-bond donors (Lipinski definition) is 1. The molecule has 86 valence electrons. The summed E-state index contributed by atoms with van der Waals surface area (Å²) in [4.78, 5) is 27.4. The van der Waals surface area contributed by atoms with E-state index in [1.807, 2.05) is 6.92 Å². The highest BCUT2D eigenvalue weighted by Crippen LogP contribution is 2.10. The van der Waals surface area contributed by atoms with Gasteiger partial charge in [-0.3, -0.25) is 9.59 Å². The molecule has 0 saturated carbocycles. The molecule has 0 radical (unpaired) electrons. The summed E-state index contributed by atoms with van der Waals surface area (Å²) >= 11 is 0. The van der Waals surface area contributed by atoms with Gasteiger partial charge in [-0.1, -0.05) is 0 Å². The first-order valence-corrected chi connectivity index (χ1v) is 5.26. The maximum Gasteiger partial charge on any atom is 0.254 e. The Bertz CT molecular complexity index is 441. The van der Waals surface area contributed by atoms with Crippen molar-refractivity contribution >= 4 is 5.91 Å².